The predicted octanol–water partition coefficient (Wildman–Crippen LogP) is 4.42. The maximum Gasteiger partial charge on any atom is 0.229 e. The van der Waals surface area contributed by atoms with E-state index in [-0.39, 0.29) is 0 Å². The van der Waals surface area contributed by atoms with Crippen LogP contribution >= 0.6 is 22.9 Å². The van der Waals surface area contributed by atoms with Gasteiger partial charge in [-0.2, -0.15) is 5.10 Å². The monoisotopic (exact) mass is 427 g/mol. The van der Waals surface area contributed by atoms with E-state index in [1.807, 2.05) is 24.3 Å². The SMILES string of the molecule is Fc1cnc(Nc2nc3c(s2)CCN(Cc2ccc(Cl)cc2)c2[nH]ncc2-3)nc1. The average Bonchev–Trinajstić information content (AvgIpc) is 3.33. The number of hydrogen-bond donors (Lipinski definition) is 2. The maximum atomic E-state index is 13.0. The van der Waals surface area contributed by atoms with E-state index in [1.165, 1.54) is 5.56 Å². The van der Waals surface area contributed by atoms with Gasteiger partial charge in [-0.25, -0.2) is 19.3 Å². The number of fused-ring (bicyclic) bond motifs is 3. The quantitative estimate of drug-likeness (QED) is 0.501. The lowest BCUT2D eigenvalue weighted by Crippen LogP contribution is -2.24. The second kappa shape index (κ2) is 7.41. The third-order valence-corrected chi connectivity index (χ3v) is 5.91. The summed E-state index contributed by atoms with van der Waals surface area (Å²) in [6.45, 7) is 1.56. The Morgan fingerprint density at radius 3 is 2.76 bits per heavy atom. The molecule has 10 heteroatoms. The van der Waals surface area contributed by atoms with Gasteiger partial charge in [-0.1, -0.05) is 23.7 Å². The van der Waals surface area contributed by atoms with Gasteiger partial charge < -0.3 is 10.2 Å². The maximum absolute atomic E-state index is 13.0. The third kappa shape index (κ3) is 3.66. The van der Waals surface area contributed by atoms with Crippen molar-refractivity contribution in [3.63, 3.8) is 0 Å². The lowest BCUT2D eigenvalue weighted by Gasteiger charge is -2.22. The molecule has 0 unspecified atom stereocenters. The molecule has 1 aromatic carbocycles. The van der Waals surface area contributed by atoms with Crippen molar-refractivity contribution >= 4 is 39.8 Å². The highest BCUT2D eigenvalue weighted by Crippen LogP contribution is 2.39. The molecule has 1 aliphatic heterocycles. The summed E-state index contributed by atoms with van der Waals surface area (Å²) in [7, 11) is 0. The number of aromatic nitrogens is 5. The van der Waals surface area contributed by atoms with Crippen LogP contribution in [0.3, 0.4) is 0 Å². The van der Waals surface area contributed by atoms with Gasteiger partial charge in [0.1, 0.15) is 5.82 Å². The fourth-order valence-electron chi connectivity index (χ4n) is 3.27. The molecular formula is C19H15ClFN7S. The van der Waals surface area contributed by atoms with Crippen LogP contribution in [-0.4, -0.2) is 31.7 Å². The van der Waals surface area contributed by atoms with Gasteiger partial charge in [0.05, 0.1) is 29.8 Å². The minimum absolute atomic E-state index is 0.312. The molecule has 3 aromatic heterocycles. The molecule has 0 saturated heterocycles. The number of aromatic amines is 1. The summed E-state index contributed by atoms with van der Waals surface area (Å²) in [5.74, 6) is 0.773. The van der Waals surface area contributed by atoms with Crippen molar-refractivity contribution in [2.75, 3.05) is 16.8 Å². The van der Waals surface area contributed by atoms with Crippen LogP contribution in [0, 0.1) is 5.82 Å². The van der Waals surface area contributed by atoms with Gasteiger partial charge in [-0.3, -0.25) is 5.10 Å². The summed E-state index contributed by atoms with van der Waals surface area (Å²) >= 11 is 7.54. The van der Waals surface area contributed by atoms with E-state index in [4.69, 9.17) is 16.6 Å². The molecule has 7 nitrogen and oxygen atoms in total. The lowest BCUT2D eigenvalue weighted by atomic mass is 10.2. The van der Waals surface area contributed by atoms with E-state index in [9.17, 15) is 4.39 Å². The Morgan fingerprint density at radius 2 is 1.97 bits per heavy atom. The molecule has 0 fully saturated rings. The molecule has 29 heavy (non-hydrogen) atoms. The highest BCUT2D eigenvalue weighted by atomic mass is 35.5. The van der Waals surface area contributed by atoms with Crippen molar-refractivity contribution < 1.29 is 4.39 Å². The van der Waals surface area contributed by atoms with Gasteiger partial charge in [0.2, 0.25) is 5.95 Å². The van der Waals surface area contributed by atoms with Crippen LogP contribution in [-0.2, 0) is 13.0 Å². The summed E-state index contributed by atoms with van der Waals surface area (Å²) in [4.78, 5) is 16.0. The number of rotatable bonds is 4. The van der Waals surface area contributed by atoms with Crippen molar-refractivity contribution in [3.8, 4) is 11.3 Å². The minimum Gasteiger partial charge on any atom is -0.352 e. The van der Waals surface area contributed by atoms with Crippen LogP contribution in [0.1, 0.15) is 10.4 Å². The second-order valence-corrected chi connectivity index (χ2v) is 8.09. The van der Waals surface area contributed by atoms with E-state index in [0.717, 1.165) is 58.9 Å². The molecule has 0 radical (unpaired) electrons. The molecule has 0 spiro atoms. The van der Waals surface area contributed by atoms with E-state index in [2.05, 4.69) is 30.4 Å². The standard InChI is InChI=1S/C19H15ClFN7S/c20-12-3-1-11(2-4-12)10-28-6-5-15-16(14-9-24-27-17(14)28)25-19(29-15)26-18-22-7-13(21)8-23-18/h1-4,7-9H,5-6,10H2,(H,24,27)(H,22,23,25,26). The number of thiazole rings is 1. The summed E-state index contributed by atoms with van der Waals surface area (Å²) < 4.78 is 13.0. The predicted molar refractivity (Wildman–Crippen MR) is 111 cm³/mol. The zero-order valence-electron chi connectivity index (χ0n) is 15.1. The van der Waals surface area contributed by atoms with Gasteiger partial charge in [0, 0.05) is 29.4 Å². The first-order valence-corrected chi connectivity index (χ1v) is 10.1. The van der Waals surface area contributed by atoms with Gasteiger partial charge in [0.15, 0.2) is 10.9 Å². The van der Waals surface area contributed by atoms with E-state index in [1.54, 1.807) is 17.5 Å². The van der Waals surface area contributed by atoms with Crippen LogP contribution in [0.25, 0.3) is 11.3 Å². The molecule has 146 valence electrons. The number of anilines is 3. The highest BCUT2D eigenvalue weighted by molar-refractivity contribution is 7.16. The highest BCUT2D eigenvalue weighted by Gasteiger charge is 2.25. The first kappa shape index (κ1) is 18.0. The first-order chi connectivity index (χ1) is 14.2. The zero-order chi connectivity index (χ0) is 19.8. The van der Waals surface area contributed by atoms with Gasteiger partial charge in [0.25, 0.3) is 0 Å². The Labute approximate surface area is 174 Å². The van der Waals surface area contributed by atoms with Crippen LogP contribution in [0.15, 0.2) is 42.9 Å². The molecular weight excluding hydrogens is 413 g/mol. The molecule has 1 aliphatic rings. The van der Waals surface area contributed by atoms with Crippen molar-refractivity contribution in [1.29, 1.82) is 0 Å². The third-order valence-electron chi connectivity index (χ3n) is 4.62. The van der Waals surface area contributed by atoms with Crippen LogP contribution in [0.5, 0.6) is 0 Å². The number of hydrogen-bond acceptors (Lipinski definition) is 7. The number of nitrogens with zero attached hydrogens (tertiary/aromatic N) is 5. The second-order valence-electron chi connectivity index (χ2n) is 6.57. The summed E-state index contributed by atoms with van der Waals surface area (Å²) in [5, 5.41) is 11.8. The summed E-state index contributed by atoms with van der Waals surface area (Å²) in [5.41, 5.74) is 3.02. The Kier molecular flexibility index (Phi) is 4.61. The summed E-state index contributed by atoms with van der Waals surface area (Å²) in [6.07, 6.45) is 4.88. The number of benzene rings is 1. The largest absolute Gasteiger partial charge is 0.352 e. The fraction of sp³-hybridized carbons (Fsp3) is 0.158. The normalized spacial score (nSPS) is 13.0. The van der Waals surface area contributed by atoms with E-state index in [0.29, 0.717) is 11.1 Å². The molecule has 2 N–H and O–H groups in total. The Balaban J connectivity index is 1.42. The Bertz CT molecular complexity index is 1140. The Hall–Kier alpha value is -3.04. The molecule has 0 saturated carbocycles. The molecule has 0 aliphatic carbocycles. The molecule has 5 rings (SSSR count). The van der Waals surface area contributed by atoms with Crippen LogP contribution in [0.4, 0.5) is 21.3 Å². The number of nitrogens with one attached hydrogen (secondary N) is 2. The lowest BCUT2D eigenvalue weighted by molar-refractivity contribution is 0.614. The molecule has 4 heterocycles. The van der Waals surface area contributed by atoms with Crippen molar-refractivity contribution in [2.24, 2.45) is 0 Å². The fourth-order valence-corrected chi connectivity index (χ4v) is 4.35. The topological polar surface area (TPSA) is 82.6 Å². The summed E-state index contributed by atoms with van der Waals surface area (Å²) in [6, 6.07) is 7.86. The first-order valence-electron chi connectivity index (χ1n) is 8.93. The van der Waals surface area contributed by atoms with Crippen molar-refractivity contribution in [3.05, 3.63) is 64.1 Å². The zero-order valence-corrected chi connectivity index (χ0v) is 16.6. The van der Waals surface area contributed by atoms with Gasteiger partial charge >= 0.3 is 0 Å². The molecule has 4 aromatic rings. The van der Waals surface area contributed by atoms with E-state index < -0.39 is 5.82 Å². The number of H-pyrrole nitrogens is 1. The van der Waals surface area contributed by atoms with Crippen LogP contribution in [0.2, 0.25) is 5.02 Å². The molecule has 0 amide bonds. The van der Waals surface area contributed by atoms with Gasteiger partial charge in [-0.15, -0.1) is 11.3 Å². The van der Waals surface area contributed by atoms with Gasteiger partial charge in [-0.05, 0) is 17.7 Å². The average molecular weight is 428 g/mol. The smallest absolute Gasteiger partial charge is 0.229 e. The Morgan fingerprint density at radius 1 is 1.17 bits per heavy atom. The minimum atomic E-state index is -0.478. The molecule has 0 bridgehead atoms. The molecule has 0 atom stereocenters. The van der Waals surface area contributed by atoms with Crippen LogP contribution < -0.4 is 10.2 Å². The van der Waals surface area contributed by atoms with E-state index >= 15 is 0 Å². The van der Waals surface area contributed by atoms with Crippen molar-refractivity contribution in [2.45, 2.75) is 13.0 Å². The van der Waals surface area contributed by atoms with Crippen molar-refractivity contribution in [1.82, 2.24) is 25.1 Å². The number of halogens is 2.